The van der Waals surface area contributed by atoms with Crippen LogP contribution in [0.4, 0.5) is 29.3 Å². The molecule has 1 unspecified atom stereocenters. The Labute approximate surface area is 283 Å². The highest BCUT2D eigenvalue weighted by molar-refractivity contribution is 8.15. The molecule has 3 amide bonds. The van der Waals surface area contributed by atoms with Gasteiger partial charge in [-0.1, -0.05) is 54.2 Å². The van der Waals surface area contributed by atoms with Crippen LogP contribution < -0.4 is 10.1 Å². The van der Waals surface area contributed by atoms with Gasteiger partial charge in [-0.25, -0.2) is 9.79 Å². The highest BCUT2D eigenvalue weighted by atomic mass is 32.2. The molecule has 254 valence electrons. The number of halogens is 3. The number of amides is 3. The number of benzene rings is 3. The molecule has 2 aliphatic rings. The summed E-state index contributed by atoms with van der Waals surface area (Å²) in [6.45, 7) is 0.508. The minimum Gasteiger partial charge on any atom is -0.494 e. The maximum Gasteiger partial charge on any atom is 0.416 e. The number of ether oxygens (including phenoxy) is 2. The Hall–Kier alpha value is -5.24. The smallest absolute Gasteiger partial charge is 0.416 e. The highest BCUT2D eigenvalue weighted by Gasteiger charge is 2.40. The van der Waals surface area contributed by atoms with Gasteiger partial charge in [0.25, 0.3) is 0 Å². The van der Waals surface area contributed by atoms with E-state index in [1.165, 1.54) is 29.2 Å². The van der Waals surface area contributed by atoms with Crippen LogP contribution in [0.5, 0.6) is 5.75 Å². The summed E-state index contributed by atoms with van der Waals surface area (Å²) in [4.78, 5) is 47.0. The van der Waals surface area contributed by atoms with Crippen molar-refractivity contribution in [3.63, 3.8) is 0 Å². The monoisotopic (exact) mass is 692 g/mol. The second kappa shape index (κ2) is 14.5. The molecule has 6 rings (SSSR count). The molecule has 14 heteroatoms. The van der Waals surface area contributed by atoms with Gasteiger partial charge in [-0.3, -0.25) is 19.4 Å². The fraction of sp³-hybridized carbons (Fsp3) is 0.257. The standard InChI is InChI=1S/C35H31F3N4O6S/c1-46-29-16-13-24(35(36,37)38)19-27(29)40-33-42(20-26-9-6-18-47-26)32(44)30(49-33)23-11-14-25(15-12-23)39-31(43)28-10-5-17-41(28)34(45)48-21-22-7-3-2-4-8-22/h2-4,6-9,11-16,18-19,28,30H,5,10,17,20-21H2,1H3,(H,39,43)/t28-,30?/m1/s1. The molecule has 2 atom stereocenters. The maximum atomic E-state index is 13.7. The molecular formula is C35H31F3N4O6S. The lowest BCUT2D eigenvalue weighted by Gasteiger charge is -2.23. The number of carbonyl (C=O) groups excluding carboxylic acids is 3. The van der Waals surface area contributed by atoms with E-state index < -0.39 is 29.1 Å². The van der Waals surface area contributed by atoms with E-state index in [1.54, 1.807) is 36.4 Å². The molecule has 49 heavy (non-hydrogen) atoms. The zero-order chi connectivity index (χ0) is 34.5. The van der Waals surface area contributed by atoms with Gasteiger partial charge < -0.3 is 19.2 Å². The van der Waals surface area contributed by atoms with Crippen molar-refractivity contribution in [2.45, 2.75) is 43.5 Å². The number of amidine groups is 1. The van der Waals surface area contributed by atoms with Crippen molar-refractivity contribution in [2.75, 3.05) is 19.0 Å². The van der Waals surface area contributed by atoms with E-state index in [2.05, 4.69) is 10.3 Å². The fourth-order valence-corrected chi connectivity index (χ4v) is 6.70. The number of hydrogen-bond donors (Lipinski definition) is 1. The van der Waals surface area contributed by atoms with E-state index in [0.717, 1.165) is 29.5 Å². The number of methoxy groups -OCH3 is 1. The van der Waals surface area contributed by atoms with Gasteiger partial charge in [0.1, 0.15) is 35.1 Å². The van der Waals surface area contributed by atoms with Crippen molar-refractivity contribution in [3.8, 4) is 5.75 Å². The van der Waals surface area contributed by atoms with Gasteiger partial charge in [-0.05, 0) is 66.4 Å². The Kier molecular flexibility index (Phi) is 9.95. The third kappa shape index (κ3) is 7.75. The SMILES string of the molecule is COc1ccc(C(F)(F)F)cc1N=C1SC(c2ccc(NC(=O)[C@H]3CCCN3C(=O)OCc3ccccc3)cc2)C(=O)N1Cc1ccco1. The van der Waals surface area contributed by atoms with E-state index in [4.69, 9.17) is 13.9 Å². The van der Waals surface area contributed by atoms with Crippen molar-refractivity contribution in [3.05, 3.63) is 114 Å². The Bertz CT molecular complexity index is 1830. The molecule has 10 nitrogen and oxygen atoms in total. The van der Waals surface area contributed by atoms with Crippen LogP contribution in [0.2, 0.25) is 0 Å². The topological polar surface area (TPSA) is 114 Å². The van der Waals surface area contributed by atoms with Crippen LogP contribution in [0, 0.1) is 0 Å². The molecule has 2 saturated heterocycles. The summed E-state index contributed by atoms with van der Waals surface area (Å²) in [6.07, 6.45) is -2.56. The molecular weight excluding hydrogens is 661 g/mol. The van der Waals surface area contributed by atoms with Crippen molar-refractivity contribution in [1.29, 1.82) is 0 Å². The van der Waals surface area contributed by atoms with Crippen LogP contribution in [0.15, 0.2) is 101 Å². The number of furan rings is 1. The van der Waals surface area contributed by atoms with Gasteiger partial charge in [-0.15, -0.1) is 0 Å². The number of thioether (sulfide) groups is 1. The van der Waals surface area contributed by atoms with Gasteiger partial charge in [0, 0.05) is 12.2 Å². The molecule has 4 aromatic rings. The maximum absolute atomic E-state index is 13.7. The molecule has 0 spiro atoms. The zero-order valence-corrected chi connectivity index (χ0v) is 27.0. The number of nitrogens with one attached hydrogen (secondary N) is 1. The molecule has 2 fully saturated rings. The molecule has 0 bridgehead atoms. The number of hydrogen-bond acceptors (Lipinski definition) is 8. The first-order chi connectivity index (χ1) is 23.6. The summed E-state index contributed by atoms with van der Waals surface area (Å²) in [5.41, 5.74) is 0.904. The fourth-order valence-electron chi connectivity index (χ4n) is 5.54. The summed E-state index contributed by atoms with van der Waals surface area (Å²) >= 11 is 1.08. The molecule has 1 aromatic heterocycles. The Balaban J connectivity index is 1.17. The normalized spacial score (nSPS) is 18.6. The first kappa shape index (κ1) is 33.7. The van der Waals surface area contributed by atoms with Gasteiger partial charge in [0.2, 0.25) is 11.8 Å². The predicted molar refractivity (Wildman–Crippen MR) is 176 cm³/mol. The minimum atomic E-state index is -4.60. The highest BCUT2D eigenvalue weighted by Crippen LogP contribution is 2.43. The van der Waals surface area contributed by atoms with Crippen molar-refractivity contribution < 1.29 is 41.4 Å². The molecule has 0 radical (unpaired) electrons. The first-order valence-corrected chi connectivity index (χ1v) is 16.2. The van der Waals surface area contributed by atoms with Gasteiger partial charge in [0.05, 0.1) is 25.5 Å². The van der Waals surface area contributed by atoms with Crippen LogP contribution in [-0.2, 0) is 33.7 Å². The van der Waals surface area contributed by atoms with Crippen LogP contribution in [0.1, 0.15) is 40.5 Å². The number of likely N-dealkylation sites (tertiary alicyclic amines) is 1. The first-order valence-electron chi connectivity index (χ1n) is 15.3. The Morgan fingerprint density at radius 2 is 1.82 bits per heavy atom. The molecule has 3 heterocycles. The third-order valence-electron chi connectivity index (χ3n) is 8.04. The molecule has 0 aliphatic carbocycles. The second-order valence-corrected chi connectivity index (χ2v) is 12.4. The quantitative estimate of drug-likeness (QED) is 0.193. The molecule has 1 N–H and O–H groups in total. The third-order valence-corrected chi connectivity index (χ3v) is 9.27. The number of anilines is 1. The van der Waals surface area contributed by atoms with Gasteiger partial charge in [0.15, 0.2) is 5.17 Å². The second-order valence-electron chi connectivity index (χ2n) is 11.3. The number of aliphatic imine (C=N–C) groups is 1. The van der Waals surface area contributed by atoms with E-state index in [-0.39, 0.29) is 41.6 Å². The van der Waals surface area contributed by atoms with Crippen molar-refractivity contribution in [2.24, 2.45) is 4.99 Å². The summed E-state index contributed by atoms with van der Waals surface area (Å²) in [5.74, 6) is -0.137. The van der Waals surface area contributed by atoms with Gasteiger partial charge >= 0.3 is 12.3 Å². The van der Waals surface area contributed by atoms with Crippen LogP contribution in [0.25, 0.3) is 0 Å². The van der Waals surface area contributed by atoms with E-state index in [0.29, 0.717) is 36.4 Å². The summed E-state index contributed by atoms with van der Waals surface area (Å²) in [6, 6.07) is 21.5. The lowest BCUT2D eigenvalue weighted by molar-refractivity contribution is -0.137. The zero-order valence-electron chi connectivity index (χ0n) is 26.2. The number of carbonyl (C=O) groups is 3. The van der Waals surface area contributed by atoms with Crippen molar-refractivity contribution in [1.82, 2.24) is 9.80 Å². The van der Waals surface area contributed by atoms with E-state index in [1.807, 2.05) is 30.3 Å². The number of rotatable bonds is 9. The number of nitrogens with zero attached hydrogens (tertiary/aromatic N) is 3. The average Bonchev–Trinajstić information content (AvgIpc) is 3.87. The van der Waals surface area contributed by atoms with Crippen LogP contribution >= 0.6 is 11.8 Å². The summed E-state index contributed by atoms with van der Waals surface area (Å²) in [5, 5.41) is 2.24. The van der Waals surface area contributed by atoms with Crippen molar-refractivity contribution >= 4 is 46.2 Å². The average molecular weight is 693 g/mol. The molecule has 0 saturated carbocycles. The van der Waals surface area contributed by atoms with Crippen LogP contribution in [0.3, 0.4) is 0 Å². The molecule has 2 aliphatic heterocycles. The van der Waals surface area contributed by atoms with Gasteiger partial charge in [-0.2, -0.15) is 13.2 Å². The largest absolute Gasteiger partial charge is 0.494 e. The Morgan fingerprint density at radius 3 is 2.51 bits per heavy atom. The van der Waals surface area contributed by atoms with E-state index >= 15 is 0 Å². The molecule has 3 aromatic carbocycles. The predicted octanol–water partition coefficient (Wildman–Crippen LogP) is 7.55. The van der Waals surface area contributed by atoms with Crippen LogP contribution in [-0.4, -0.2) is 52.6 Å². The minimum absolute atomic E-state index is 0.00918. The lowest BCUT2D eigenvalue weighted by atomic mass is 10.1. The number of alkyl halides is 3. The summed E-state index contributed by atoms with van der Waals surface area (Å²) in [7, 11) is 1.32. The van der Waals surface area contributed by atoms with E-state index in [9.17, 15) is 27.6 Å². The lowest BCUT2D eigenvalue weighted by Crippen LogP contribution is -2.43. The Morgan fingerprint density at radius 1 is 1.04 bits per heavy atom. The summed E-state index contributed by atoms with van der Waals surface area (Å²) < 4.78 is 56.7.